The highest BCUT2D eigenvalue weighted by molar-refractivity contribution is 5.98. The monoisotopic (exact) mass is 438 g/mol. The summed E-state index contributed by atoms with van der Waals surface area (Å²) < 4.78 is 21.9. The number of hydrogen-bond donors (Lipinski definition) is 0. The Morgan fingerprint density at radius 2 is 1.09 bits per heavy atom. The molecule has 0 aliphatic carbocycles. The maximum absolute atomic E-state index is 13.1. The molecule has 0 spiro atoms. The van der Waals surface area contributed by atoms with Crippen molar-refractivity contribution in [1.29, 1.82) is 0 Å². The van der Waals surface area contributed by atoms with Gasteiger partial charge in [-0.15, -0.1) is 0 Å². The van der Waals surface area contributed by atoms with E-state index in [0.29, 0.717) is 75.2 Å². The Balaban J connectivity index is 1.20. The topological polar surface area (TPSA) is 84.1 Å². The minimum absolute atomic E-state index is 0.0856. The fourth-order valence-corrected chi connectivity index (χ4v) is 3.69. The fraction of sp³-hybridized carbons (Fsp3) is 0.417. The van der Waals surface area contributed by atoms with Crippen LogP contribution in [0.2, 0.25) is 0 Å². The molecule has 32 heavy (non-hydrogen) atoms. The molecule has 0 aromatic heterocycles. The molecule has 8 nitrogen and oxygen atoms in total. The molecule has 168 valence electrons. The first kappa shape index (κ1) is 20.8. The number of piperazine rings is 1. The molecule has 3 fully saturated rings. The first-order valence-electron chi connectivity index (χ1n) is 10.9. The highest BCUT2D eigenvalue weighted by atomic mass is 16.6. The first-order valence-corrected chi connectivity index (χ1v) is 10.9. The first-order chi connectivity index (χ1) is 15.7. The van der Waals surface area contributed by atoms with E-state index in [1.807, 2.05) is 24.3 Å². The lowest BCUT2D eigenvalue weighted by Gasteiger charge is -2.35. The molecule has 0 radical (unpaired) electrons. The smallest absolute Gasteiger partial charge is 0.257 e. The summed E-state index contributed by atoms with van der Waals surface area (Å²) in [6.45, 7) is 4.14. The third-order valence-electron chi connectivity index (χ3n) is 5.74. The van der Waals surface area contributed by atoms with Crippen molar-refractivity contribution < 1.29 is 28.5 Å². The van der Waals surface area contributed by atoms with Crippen molar-refractivity contribution in [2.24, 2.45) is 0 Å². The highest BCUT2D eigenvalue weighted by Gasteiger charge is 2.30. The average molecular weight is 438 g/mol. The summed E-state index contributed by atoms with van der Waals surface area (Å²) in [7, 11) is 0. The van der Waals surface area contributed by atoms with Gasteiger partial charge in [0.05, 0.1) is 24.3 Å². The van der Waals surface area contributed by atoms with Crippen molar-refractivity contribution in [3.8, 4) is 11.5 Å². The second-order valence-electron chi connectivity index (χ2n) is 8.11. The second kappa shape index (κ2) is 9.18. The van der Waals surface area contributed by atoms with Gasteiger partial charge >= 0.3 is 0 Å². The van der Waals surface area contributed by atoms with Crippen LogP contribution in [-0.4, -0.2) is 86.4 Å². The molecule has 0 N–H and O–H groups in total. The maximum Gasteiger partial charge on any atom is 0.257 e. The van der Waals surface area contributed by atoms with Crippen LogP contribution in [0.3, 0.4) is 0 Å². The largest absolute Gasteiger partial charge is 0.490 e. The van der Waals surface area contributed by atoms with Crippen molar-refractivity contribution >= 4 is 11.8 Å². The van der Waals surface area contributed by atoms with Gasteiger partial charge in [0.25, 0.3) is 11.8 Å². The number of carbonyl (C=O) groups is 2. The summed E-state index contributed by atoms with van der Waals surface area (Å²) in [5, 5.41) is 0. The van der Waals surface area contributed by atoms with Gasteiger partial charge in [-0.1, -0.05) is 24.3 Å². The van der Waals surface area contributed by atoms with Gasteiger partial charge in [-0.2, -0.15) is 0 Å². The summed E-state index contributed by atoms with van der Waals surface area (Å²) in [5.41, 5.74) is 1.07. The molecule has 2 atom stereocenters. The van der Waals surface area contributed by atoms with Crippen molar-refractivity contribution in [3.05, 3.63) is 59.7 Å². The van der Waals surface area contributed by atoms with E-state index in [1.54, 1.807) is 34.1 Å². The van der Waals surface area contributed by atoms with Crippen LogP contribution >= 0.6 is 0 Å². The molecule has 0 unspecified atom stereocenters. The Bertz CT molecular complexity index is 900. The minimum Gasteiger partial charge on any atom is -0.490 e. The molecule has 0 bridgehead atoms. The van der Waals surface area contributed by atoms with Gasteiger partial charge in [0.2, 0.25) is 0 Å². The zero-order valence-corrected chi connectivity index (χ0v) is 17.8. The van der Waals surface area contributed by atoms with Gasteiger partial charge in [-0.05, 0) is 24.3 Å². The summed E-state index contributed by atoms with van der Waals surface area (Å²) in [5.74, 6) is 0.963. The number of hydrogen-bond acceptors (Lipinski definition) is 6. The summed E-state index contributed by atoms with van der Waals surface area (Å²) in [4.78, 5) is 29.8. The number of carbonyl (C=O) groups excluding carboxylic acids is 2. The van der Waals surface area contributed by atoms with E-state index in [-0.39, 0.29) is 24.0 Å². The van der Waals surface area contributed by atoms with Crippen LogP contribution in [0.1, 0.15) is 20.7 Å². The fourth-order valence-electron chi connectivity index (χ4n) is 3.69. The van der Waals surface area contributed by atoms with Crippen LogP contribution in [-0.2, 0) is 9.47 Å². The van der Waals surface area contributed by atoms with E-state index in [2.05, 4.69) is 0 Å². The number of para-hydroxylation sites is 2. The van der Waals surface area contributed by atoms with Crippen LogP contribution in [0.25, 0.3) is 0 Å². The molecule has 3 aliphatic rings. The van der Waals surface area contributed by atoms with E-state index >= 15 is 0 Å². The molecule has 3 saturated heterocycles. The standard InChI is InChI=1S/C24H26N2O6/c27-23(19-5-1-3-7-21(19)31-15-17-13-29-17)25-9-11-26(12-10-25)24(28)20-6-2-4-8-22(20)32-16-18-14-30-18/h1-8,17-18H,9-16H2/t17-,18+. The molecular weight excluding hydrogens is 412 g/mol. The number of ether oxygens (including phenoxy) is 4. The summed E-state index contributed by atoms with van der Waals surface area (Å²) >= 11 is 0. The highest BCUT2D eigenvalue weighted by Crippen LogP contribution is 2.25. The molecule has 3 aliphatic heterocycles. The van der Waals surface area contributed by atoms with E-state index in [4.69, 9.17) is 18.9 Å². The zero-order chi connectivity index (χ0) is 21.9. The summed E-state index contributed by atoms with van der Waals surface area (Å²) in [6, 6.07) is 14.5. The van der Waals surface area contributed by atoms with Crippen LogP contribution in [0.15, 0.2) is 48.5 Å². The minimum atomic E-state index is -0.0856. The molecular formula is C24H26N2O6. The zero-order valence-electron chi connectivity index (χ0n) is 17.8. The van der Waals surface area contributed by atoms with Gasteiger partial charge in [-0.3, -0.25) is 9.59 Å². The van der Waals surface area contributed by atoms with Crippen molar-refractivity contribution in [3.63, 3.8) is 0 Å². The Kier molecular flexibility index (Phi) is 5.96. The van der Waals surface area contributed by atoms with Gasteiger partial charge in [0.1, 0.15) is 36.9 Å². The van der Waals surface area contributed by atoms with Crippen LogP contribution < -0.4 is 9.47 Å². The van der Waals surface area contributed by atoms with Crippen LogP contribution in [0.5, 0.6) is 11.5 Å². The Labute approximate surface area is 186 Å². The van der Waals surface area contributed by atoms with E-state index < -0.39 is 0 Å². The Hall–Kier alpha value is -3.10. The lowest BCUT2D eigenvalue weighted by molar-refractivity contribution is 0.0530. The van der Waals surface area contributed by atoms with Gasteiger partial charge < -0.3 is 28.7 Å². The second-order valence-corrected chi connectivity index (χ2v) is 8.11. The summed E-state index contributed by atoms with van der Waals surface area (Å²) in [6.07, 6.45) is 0.243. The number of rotatable bonds is 8. The van der Waals surface area contributed by atoms with Gasteiger partial charge in [0, 0.05) is 26.2 Å². The number of epoxide rings is 2. The third-order valence-corrected chi connectivity index (χ3v) is 5.74. The lowest BCUT2D eigenvalue weighted by atomic mass is 10.1. The normalized spacial score (nSPS) is 21.8. The quantitative estimate of drug-likeness (QED) is 0.585. The molecule has 2 aromatic rings. The van der Waals surface area contributed by atoms with Crippen molar-refractivity contribution in [2.75, 3.05) is 52.6 Å². The number of nitrogens with zero attached hydrogens (tertiary/aromatic N) is 2. The molecule has 2 amide bonds. The Morgan fingerprint density at radius 1 is 0.719 bits per heavy atom. The third kappa shape index (κ3) is 4.87. The van der Waals surface area contributed by atoms with E-state index in [1.165, 1.54) is 0 Å². The molecule has 5 rings (SSSR count). The van der Waals surface area contributed by atoms with E-state index in [0.717, 1.165) is 0 Å². The Morgan fingerprint density at radius 3 is 1.47 bits per heavy atom. The SMILES string of the molecule is O=C(c1ccccc1OC[C@@H]1CO1)N1CCN(C(=O)c2ccccc2OC[C@H]2CO2)CC1. The predicted octanol–water partition coefficient (Wildman–Crippen LogP) is 1.84. The lowest BCUT2D eigenvalue weighted by Crippen LogP contribution is -2.50. The molecule has 8 heteroatoms. The molecule has 2 aromatic carbocycles. The van der Waals surface area contributed by atoms with Gasteiger partial charge in [-0.25, -0.2) is 0 Å². The maximum atomic E-state index is 13.1. The van der Waals surface area contributed by atoms with Gasteiger partial charge in [0.15, 0.2) is 0 Å². The average Bonchev–Trinajstić information content (AvgIpc) is 3.76. The van der Waals surface area contributed by atoms with E-state index in [9.17, 15) is 9.59 Å². The molecule has 0 saturated carbocycles. The predicted molar refractivity (Wildman–Crippen MR) is 115 cm³/mol. The molecule has 3 heterocycles. The van der Waals surface area contributed by atoms with Crippen molar-refractivity contribution in [2.45, 2.75) is 12.2 Å². The van der Waals surface area contributed by atoms with Crippen LogP contribution in [0, 0.1) is 0 Å². The van der Waals surface area contributed by atoms with Crippen LogP contribution in [0.4, 0.5) is 0 Å². The number of amides is 2. The number of benzene rings is 2. The van der Waals surface area contributed by atoms with Crippen molar-refractivity contribution in [1.82, 2.24) is 9.80 Å².